The van der Waals surface area contributed by atoms with Crippen LogP contribution in [0.1, 0.15) is 26.2 Å². The summed E-state index contributed by atoms with van der Waals surface area (Å²) in [7, 11) is -3.48. The van der Waals surface area contributed by atoms with Gasteiger partial charge in [-0.2, -0.15) is 0 Å². The minimum Gasteiger partial charge on any atom is -0.480 e. The number of piperidine rings is 1. The summed E-state index contributed by atoms with van der Waals surface area (Å²) in [6.45, 7) is 1.61. The van der Waals surface area contributed by atoms with Crippen molar-refractivity contribution in [2.75, 3.05) is 12.8 Å². The average molecular weight is 263 g/mol. The van der Waals surface area contributed by atoms with Crippen molar-refractivity contribution in [1.82, 2.24) is 4.90 Å². The monoisotopic (exact) mass is 263 g/mol. The molecular weight excluding hydrogens is 246 g/mol. The summed E-state index contributed by atoms with van der Waals surface area (Å²) < 4.78 is 22.6. The number of carboxylic acids is 1. The fourth-order valence-electron chi connectivity index (χ4n) is 1.87. The van der Waals surface area contributed by atoms with E-state index in [4.69, 9.17) is 5.11 Å². The van der Waals surface area contributed by atoms with Crippen molar-refractivity contribution in [2.24, 2.45) is 0 Å². The number of amides is 1. The first-order valence-corrected chi connectivity index (χ1v) is 7.42. The maximum Gasteiger partial charge on any atom is 0.326 e. The smallest absolute Gasteiger partial charge is 0.326 e. The van der Waals surface area contributed by atoms with E-state index >= 15 is 0 Å². The molecule has 2 unspecified atom stereocenters. The van der Waals surface area contributed by atoms with E-state index in [9.17, 15) is 18.0 Å². The van der Waals surface area contributed by atoms with Crippen LogP contribution in [0.15, 0.2) is 0 Å². The van der Waals surface area contributed by atoms with Crippen LogP contribution in [0.2, 0.25) is 0 Å². The molecule has 1 N–H and O–H groups in total. The predicted octanol–water partition coefficient (Wildman–Crippen LogP) is -0.115. The van der Waals surface area contributed by atoms with E-state index in [1.807, 2.05) is 0 Å². The maximum atomic E-state index is 11.9. The molecular formula is C10H17NO5S. The van der Waals surface area contributed by atoms with E-state index in [1.54, 1.807) is 0 Å². The fourth-order valence-corrected chi connectivity index (χ4v) is 2.37. The number of likely N-dealkylation sites (tertiary alicyclic amines) is 1. The molecule has 1 amide bonds. The normalized spacial score (nSPS) is 23.2. The summed E-state index contributed by atoms with van der Waals surface area (Å²) in [5.41, 5.74) is 0. The lowest BCUT2D eigenvalue weighted by atomic mass is 10.0. The lowest BCUT2D eigenvalue weighted by Gasteiger charge is -2.34. The number of carboxylic acid groups (broad SMARTS) is 1. The quantitative estimate of drug-likeness (QED) is 0.766. The highest BCUT2D eigenvalue weighted by atomic mass is 32.2. The van der Waals surface area contributed by atoms with Gasteiger partial charge < -0.3 is 10.0 Å². The molecule has 17 heavy (non-hydrogen) atoms. The highest BCUT2D eigenvalue weighted by Crippen LogP contribution is 2.19. The summed E-state index contributed by atoms with van der Waals surface area (Å²) in [5.74, 6) is -1.68. The number of sulfone groups is 1. The van der Waals surface area contributed by atoms with Gasteiger partial charge in [0.15, 0.2) is 9.84 Å². The molecule has 0 bridgehead atoms. The summed E-state index contributed by atoms with van der Waals surface area (Å²) in [4.78, 5) is 24.1. The molecule has 98 valence electrons. The molecule has 0 aromatic rings. The Morgan fingerprint density at radius 2 is 1.94 bits per heavy atom. The van der Waals surface area contributed by atoms with Crippen LogP contribution in [-0.4, -0.2) is 54.4 Å². The predicted molar refractivity (Wildman–Crippen MR) is 61.3 cm³/mol. The van der Waals surface area contributed by atoms with Crippen LogP contribution >= 0.6 is 0 Å². The van der Waals surface area contributed by atoms with Crippen LogP contribution in [-0.2, 0) is 19.4 Å². The molecule has 7 heteroatoms. The Balaban J connectivity index is 2.89. The Morgan fingerprint density at radius 3 is 2.41 bits per heavy atom. The SMILES string of the molecule is CC(C(=O)N1CCCCC1C(=O)O)S(C)(=O)=O. The fraction of sp³-hybridized carbons (Fsp3) is 0.800. The number of hydrogen-bond donors (Lipinski definition) is 1. The van der Waals surface area contributed by atoms with Crippen LogP contribution in [0.4, 0.5) is 0 Å². The molecule has 1 heterocycles. The number of aliphatic carboxylic acids is 1. The van der Waals surface area contributed by atoms with Crippen molar-refractivity contribution in [3.63, 3.8) is 0 Å². The second kappa shape index (κ2) is 5.03. The number of carbonyl (C=O) groups is 2. The highest BCUT2D eigenvalue weighted by Gasteiger charge is 2.36. The highest BCUT2D eigenvalue weighted by molar-refractivity contribution is 7.92. The second-order valence-electron chi connectivity index (χ2n) is 4.35. The summed E-state index contributed by atoms with van der Waals surface area (Å²) in [6, 6.07) is -0.888. The first-order valence-electron chi connectivity index (χ1n) is 5.47. The third kappa shape index (κ3) is 3.18. The van der Waals surface area contributed by atoms with Gasteiger partial charge in [-0.05, 0) is 26.2 Å². The van der Waals surface area contributed by atoms with E-state index in [0.29, 0.717) is 19.4 Å². The van der Waals surface area contributed by atoms with Gasteiger partial charge in [0.05, 0.1) is 0 Å². The van der Waals surface area contributed by atoms with Gasteiger partial charge in [-0.25, -0.2) is 13.2 Å². The molecule has 0 radical (unpaired) electrons. The Kier molecular flexibility index (Phi) is 4.13. The van der Waals surface area contributed by atoms with Gasteiger partial charge in [0.25, 0.3) is 0 Å². The molecule has 1 aliphatic rings. The molecule has 1 fully saturated rings. The molecule has 0 aromatic carbocycles. The largest absolute Gasteiger partial charge is 0.480 e. The number of carbonyl (C=O) groups excluding carboxylic acids is 1. The van der Waals surface area contributed by atoms with Gasteiger partial charge in [0.1, 0.15) is 11.3 Å². The standard InChI is InChI=1S/C10H17NO5S/c1-7(17(2,15)16)9(12)11-6-4-3-5-8(11)10(13)14/h7-8H,3-6H2,1-2H3,(H,13,14). The van der Waals surface area contributed by atoms with Crippen molar-refractivity contribution in [3.05, 3.63) is 0 Å². The zero-order valence-corrected chi connectivity index (χ0v) is 10.7. The first kappa shape index (κ1) is 14.0. The lowest BCUT2D eigenvalue weighted by molar-refractivity contribution is -0.151. The molecule has 1 saturated heterocycles. The van der Waals surface area contributed by atoms with E-state index in [2.05, 4.69) is 0 Å². The number of rotatable bonds is 3. The number of hydrogen-bond acceptors (Lipinski definition) is 4. The van der Waals surface area contributed by atoms with Crippen molar-refractivity contribution >= 4 is 21.7 Å². The van der Waals surface area contributed by atoms with Gasteiger partial charge in [0, 0.05) is 12.8 Å². The summed E-state index contributed by atoms with van der Waals surface area (Å²) in [6.07, 6.45) is 2.83. The first-order chi connectivity index (χ1) is 7.75. The third-order valence-electron chi connectivity index (χ3n) is 3.06. The van der Waals surface area contributed by atoms with Crippen molar-refractivity contribution in [3.8, 4) is 0 Å². The van der Waals surface area contributed by atoms with Gasteiger partial charge in [-0.3, -0.25) is 4.79 Å². The zero-order valence-electron chi connectivity index (χ0n) is 9.92. The van der Waals surface area contributed by atoms with Gasteiger partial charge >= 0.3 is 5.97 Å². The number of nitrogens with zero attached hydrogens (tertiary/aromatic N) is 1. The minimum atomic E-state index is -3.48. The van der Waals surface area contributed by atoms with Crippen molar-refractivity contribution in [1.29, 1.82) is 0 Å². The van der Waals surface area contributed by atoms with Crippen LogP contribution < -0.4 is 0 Å². The van der Waals surface area contributed by atoms with E-state index in [1.165, 1.54) is 11.8 Å². The maximum absolute atomic E-state index is 11.9. The minimum absolute atomic E-state index is 0.315. The van der Waals surface area contributed by atoms with E-state index in [0.717, 1.165) is 12.7 Å². The second-order valence-corrected chi connectivity index (χ2v) is 6.72. The Morgan fingerprint density at radius 1 is 1.35 bits per heavy atom. The molecule has 0 aromatic heterocycles. The molecule has 2 atom stereocenters. The zero-order chi connectivity index (χ0) is 13.2. The topological polar surface area (TPSA) is 91.8 Å². The molecule has 0 spiro atoms. The van der Waals surface area contributed by atoms with Crippen LogP contribution in [0.25, 0.3) is 0 Å². The Bertz CT molecular complexity index is 416. The van der Waals surface area contributed by atoms with Crippen LogP contribution in [0.5, 0.6) is 0 Å². The van der Waals surface area contributed by atoms with Gasteiger partial charge in [0.2, 0.25) is 5.91 Å². The lowest BCUT2D eigenvalue weighted by Crippen LogP contribution is -2.52. The summed E-state index contributed by atoms with van der Waals surface area (Å²) in [5, 5.41) is 7.82. The van der Waals surface area contributed by atoms with Crippen LogP contribution in [0.3, 0.4) is 0 Å². The van der Waals surface area contributed by atoms with Gasteiger partial charge in [-0.1, -0.05) is 0 Å². The van der Waals surface area contributed by atoms with E-state index < -0.39 is 33.0 Å². The van der Waals surface area contributed by atoms with Gasteiger partial charge in [-0.15, -0.1) is 0 Å². The molecule has 1 aliphatic heterocycles. The van der Waals surface area contributed by atoms with Crippen molar-refractivity contribution < 1.29 is 23.1 Å². The van der Waals surface area contributed by atoms with Crippen molar-refractivity contribution in [2.45, 2.75) is 37.5 Å². The molecule has 0 saturated carbocycles. The molecule has 1 rings (SSSR count). The Hall–Kier alpha value is -1.11. The summed E-state index contributed by atoms with van der Waals surface area (Å²) >= 11 is 0. The third-order valence-corrected chi connectivity index (χ3v) is 4.55. The van der Waals surface area contributed by atoms with E-state index in [-0.39, 0.29) is 0 Å². The van der Waals surface area contributed by atoms with Crippen LogP contribution in [0, 0.1) is 0 Å². The molecule has 6 nitrogen and oxygen atoms in total. The average Bonchev–Trinajstić information content (AvgIpc) is 2.25. The molecule has 0 aliphatic carbocycles. The Labute approximate surface area is 101 Å².